The fraction of sp³-hybridized carbons (Fsp3) is 0. The maximum atomic E-state index is 5.21. The van der Waals surface area contributed by atoms with Gasteiger partial charge in [-0.05, 0) is 64.2 Å². The quantitative estimate of drug-likeness (QED) is 0.162. The number of hydrogen-bond acceptors (Lipinski definition) is 3. The minimum atomic E-state index is 0.574. The summed E-state index contributed by atoms with van der Waals surface area (Å²) < 4.78 is 4.67. The highest BCUT2D eigenvalue weighted by atomic mass is 15.2. The molecule has 0 aliphatic rings. The van der Waals surface area contributed by atoms with Crippen LogP contribution in [0.1, 0.15) is 0 Å². The third-order valence-electron chi connectivity index (χ3n) is 12.0. The van der Waals surface area contributed by atoms with Crippen molar-refractivity contribution in [3.05, 3.63) is 224 Å². The van der Waals surface area contributed by atoms with Crippen molar-refractivity contribution < 1.29 is 0 Å². The zero-order valence-corrected chi connectivity index (χ0v) is 33.6. The molecule has 5 heteroatoms. The Morgan fingerprint density at radius 1 is 0.274 bits per heavy atom. The second-order valence-electron chi connectivity index (χ2n) is 15.6. The van der Waals surface area contributed by atoms with E-state index < -0.39 is 0 Å². The van der Waals surface area contributed by atoms with Gasteiger partial charge in [0, 0.05) is 38.2 Å². The number of benzene rings is 9. The summed E-state index contributed by atoms with van der Waals surface area (Å²) in [6.45, 7) is 0. The molecule has 0 amide bonds. The smallest absolute Gasteiger partial charge is 0.238 e. The SMILES string of the molecule is c1ccc(-c2ccc(-c3ccccc3-n3c4ccccc4c4c5c6ccccc6n(-c6nc(-c7ccccc7)nc(-c7ccccc7)n6)c5ccc43)c(-c3ccccc3)c2)cc1. The van der Waals surface area contributed by atoms with E-state index in [1.165, 1.54) is 38.6 Å². The Morgan fingerprint density at radius 2 is 0.742 bits per heavy atom. The molecule has 62 heavy (non-hydrogen) atoms. The van der Waals surface area contributed by atoms with Crippen LogP contribution in [0, 0.1) is 0 Å². The molecule has 0 spiro atoms. The lowest BCUT2D eigenvalue weighted by Crippen LogP contribution is -2.06. The molecule has 0 radical (unpaired) electrons. The predicted molar refractivity (Wildman–Crippen MR) is 256 cm³/mol. The van der Waals surface area contributed by atoms with E-state index in [0.717, 1.165) is 55.2 Å². The monoisotopic (exact) mass is 791 g/mol. The first-order valence-corrected chi connectivity index (χ1v) is 21.0. The molecule has 9 aromatic carbocycles. The van der Waals surface area contributed by atoms with Gasteiger partial charge in [0.05, 0.1) is 27.8 Å². The zero-order valence-electron chi connectivity index (χ0n) is 33.6. The molecule has 3 heterocycles. The van der Waals surface area contributed by atoms with E-state index in [2.05, 4.69) is 197 Å². The molecule has 0 saturated heterocycles. The van der Waals surface area contributed by atoms with Crippen molar-refractivity contribution in [3.63, 3.8) is 0 Å². The fourth-order valence-corrected chi connectivity index (χ4v) is 9.23. The molecular formula is C57H37N5. The first kappa shape index (κ1) is 35.5. The molecule has 0 saturated carbocycles. The first-order chi connectivity index (χ1) is 30.8. The van der Waals surface area contributed by atoms with Crippen LogP contribution in [-0.4, -0.2) is 24.1 Å². The van der Waals surface area contributed by atoms with Crippen LogP contribution < -0.4 is 0 Å². The minimum absolute atomic E-state index is 0.574. The molecule has 0 fully saturated rings. The predicted octanol–water partition coefficient (Wildman–Crippen LogP) is 14.4. The van der Waals surface area contributed by atoms with Crippen molar-refractivity contribution in [2.75, 3.05) is 0 Å². The van der Waals surface area contributed by atoms with Gasteiger partial charge in [0.15, 0.2) is 11.6 Å². The maximum absolute atomic E-state index is 5.21. The fourth-order valence-electron chi connectivity index (χ4n) is 9.23. The maximum Gasteiger partial charge on any atom is 0.238 e. The van der Waals surface area contributed by atoms with Crippen LogP contribution in [0.5, 0.6) is 0 Å². The topological polar surface area (TPSA) is 48.5 Å². The average Bonchev–Trinajstić information content (AvgIpc) is 3.88. The highest BCUT2D eigenvalue weighted by Gasteiger charge is 2.24. The Labute approximate surface area is 358 Å². The van der Waals surface area contributed by atoms with Crippen molar-refractivity contribution in [1.29, 1.82) is 0 Å². The number of para-hydroxylation sites is 3. The number of hydrogen-bond donors (Lipinski definition) is 0. The average molecular weight is 792 g/mol. The Morgan fingerprint density at radius 3 is 1.34 bits per heavy atom. The van der Waals surface area contributed by atoms with Gasteiger partial charge in [-0.2, -0.15) is 9.97 Å². The second kappa shape index (κ2) is 14.7. The van der Waals surface area contributed by atoms with E-state index in [-0.39, 0.29) is 0 Å². The Balaban J connectivity index is 1.12. The molecule has 0 bridgehead atoms. The lowest BCUT2D eigenvalue weighted by atomic mass is 9.90. The van der Waals surface area contributed by atoms with E-state index in [1.807, 2.05) is 36.4 Å². The Kier molecular flexibility index (Phi) is 8.42. The standard InChI is InChI=1S/C57H37N5/c1-5-19-38(20-6-1)42-33-34-43(47(37-42)39-21-7-2-8-22-39)44-27-13-16-30-48(44)61-49-31-17-14-28-45(49)53-51(61)35-36-52-54(53)46-29-15-18-32-50(46)62(52)57-59-55(40-23-9-3-10-24-40)58-56(60-57)41-25-11-4-12-26-41/h1-37H. The summed E-state index contributed by atoms with van der Waals surface area (Å²) in [4.78, 5) is 15.4. The van der Waals surface area contributed by atoms with Gasteiger partial charge in [-0.1, -0.05) is 188 Å². The van der Waals surface area contributed by atoms with Crippen molar-refractivity contribution in [2.24, 2.45) is 0 Å². The summed E-state index contributed by atoms with van der Waals surface area (Å²) in [5.74, 6) is 1.83. The summed E-state index contributed by atoms with van der Waals surface area (Å²) >= 11 is 0. The van der Waals surface area contributed by atoms with Gasteiger partial charge in [-0.25, -0.2) is 4.98 Å². The van der Waals surface area contributed by atoms with E-state index in [0.29, 0.717) is 17.6 Å². The third kappa shape index (κ3) is 5.82. The van der Waals surface area contributed by atoms with Crippen molar-refractivity contribution >= 4 is 43.6 Å². The highest BCUT2D eigenvalue weighted by molar-refractivity contribution is 6.29. The minimum Gasteiger partial charge on any atom is -0.309 e. The van der Waals surface area contributed by atoms with Crippen LogP contribution in [0.3, 0.4) is 0 Å². The van der Waals surface area contributed by atoms with Gasteiger partial charge in [-0.15, -0.1) is 0 Å². The van der Waals surface area contributed by atoms with E-state index >= 15 is 0 Å². The molecule has 3 aromatic heterocycles. The molecule has 0 aliphatic carbocycles. The molecule has 0 N–H and O–H groups in total. The molecule has 0 unspecified atom stereocenters. The van der Waals surface area contributed by atoms with Gasteiger partial charge >= 0.3 is 0 Å². The highest BCUT2D eigenvalue weighted by Crippen LogP contribution is 2.45. The number of rotatable bonds is 7. The largest absolute Gasteiger partial charge is 0.309 e. The van der Waals surface area contributed by atoms with E-state index in [1.54, 1.807) is 0 Å². The molecule has 0 aliphatic heterocycles. The van der Waals surface area contributed by atoms with Crippen molar-refractivity contribution in [1.82, 2.24) is 24.1 Å². The summed E-state index contributed by atoms with van der Waals surface area (Å²) in [7, 11) is 0. The zero-order chi connectivity index (χ0) is 41.0. The molecule has 12 rings (SSSR count). The molecule has 290 valence electrons. The van der Waals surface area contributed by atoms with Crippen LogP contribution in [0.2, 0.25) is 0 Å². The Hall–Kier alpha value is -8.41. The number of nitrogens with zero attached hydrogens (tertiary/aromatic N) is 5. The summed E-state index contributed by atoms with van der Waals surface area (Å²) in [5, 5.41) is 4.66. The lowest BCUT2D eigenvalue weighted by Gasteiger charge is -2.18. The van der Waals surface area contributed by atoms with E-state index in [4.69, 9.17) is 15.0 Å². The van der Waals surface area contributed by atoms with Gasteiger partial charge in [0.25, 0.3) is 0 Å². The number of aromatic nitrogens is 5. The van der Waals surface area contributed by atoms with Gasteiger partial charge in [0.2, 0.25) is 5.95 Å². The van der Waals surface area contributed by atoms with Crippen LogP contribution >= 0.6 is 0 Å². The third-order valence-corrected chi connectivity index (χ3v) is 12.0. The van der Waals surface area contributed by atoms with Gasteiger partial charge in [-0.3, -0.25) is 4.57 Å². The van der Waals surface area contributed by atoms with Crippen molar-refractivity contribution in [2.45, 2.75) is 0 Å². The van der Waals surface area contributed by atoms with Crippen LogP contribution in [0.4, 0.5) is 0 Å². The van der Waals surface area contributed by atoms with Crippen LogP contribution in [-0.2, 0) is 0 Å². The first-order valence-electron chi connectivity index (χ1n) is 21.0. The molecule has 5 nitrogen and oxygen atoms in total. The summed E-state index contributed by atoms with van der Waals surface area (Å²) in [6, 6.07) is 79.4. The molecular weight excluding hydrogens is 755 g/mol. The van der Waals surface area contributed by atoms with Crippen LogP contribution in [0.25, 0.3) is 111 Å². The number of fused-ring (bicyclic) bond motifs is 7. The summed E-state index contributed by atoms with van der Waals surface area (Å²) in [6.07, 6.45) is 0. The Bertz CT molecular complexity index is 3550. The van der Waals surface area contributed by atoms with Crippen molar-refractivity contribution in [3.8, 4) is 67.8 Å². The summed E-state index contributed by atoms with van der Waals surface area (Å²) in [5.41, 5.74) is 14.4. The van der Waals surface area contributed by atoms with Gasteiger partial charge in [0.1, 0.15) is 0 Å². The molecule has 12 aromatic rings. The normalized spacial score (nSPS) is 11.5. The second-order valence-corrected chi connectivity index (χ2v) is 15.6. The lowest BCUT2D eigenvalue weighted by molar-refractivity contribution is 0.953. The van der Waals surface area contributed by atoms with Gasteiger partial charge < -0.3 is 4.57 Å². The van der Waals surface area contributed by atoms with E-state index in [9.17, 15) is 0 Å². The van der Waals surface area contributed by atoms with Crippen LogP contribution in [0.15, 0.2) is 224 Å². The molecule has 0 atom stereocenters.